The van der Waals surface area contributed by atoms with Crippen molar-refractivity contribution < 1.29 is 13.9 Å². The van der Waals surface area contributed by atoms with Gasteiger partial charge in [-0.3, -0.25) is 0 Å². The first kappa shape index (κ1) is 20.4. The topological polar surface area (TPSA) is 68.3 Å². The molecule has 0 aliphatic heterocycles. The molecule has 1 aromatic heterocycles. The summed E-state index contributed by atoms with van der Waals surface area (Å²) in [6.07, 6.45) is 2.89. The molecule has 0 spiro atoms. The number of anilines is 2. The minimum absolute atomic E-state index is 0.186. The fourth-order valence-corrected chi connectivity index (χ4v) is 2.95. The summed E-state index contributed by atoms with van der Waals surface area (Å²) < 4.78 is 24.3. The third kappa shape index (κ3) is 5.81. The lowest BCUT2D eigenvalue weighted by Gasteiger charge is -2.11. The van der Waals surface area contributed by atoms with Gasteiger partial charge in [-0.05, 0) is 42.2 Å². The second-order valence-electron chi connectivity index (χ2n) is 6.42. The van der Waals surface area contributed by atoms with Crippen LogP contribution < -0.4 is 20.1 Å². The first-order valence-corrected chi connectivity index (χ1v) is 9.43. The SMILES string of the molecule is COc1ccc(CCNc2cc(NCCc3ccccc3F)ncn2)cc1OC. The highest BCUT2D eigenvalue weighted by Gasteiger charge is 2.05. The summed E-state index contributed by atoms with van der Waals surface area (Å²) in [5.41, 5.74) is 1.81. The van der Waals surface area contributed by atoms with Crippen molar-refractivity contribution in [2.75, 3.05) is 37.9 Å². The minimum Gasteiger partial charge on any atom is -0.493 e. The summed E-state index contributed by atoms with van der Waals surface area (Å²) in [6, 6.07) is 14.5. The summed E-state index contributed by atoms with van der Waals surface area (Å²) in [4.78, 5) is 8.46. The molecule has 0 aliphatic rings. The van der Waals surface area contributed by atoms with Gasteiger partial charge in [-0.25, -0.2) is 14.4 Å². The largest absolute Gasteiger partial charge is 0.493 e. The minimum atomic E-state index is -0.186. The highest BCUT2D eigenvalue weighted by molar-refractivity contribution is 5.47. The molecule has 0 fully saturated rings. The molecule has 0 bridgehead atoms. The van der Waals surface area contributed by atoms with Gasteiger partial charge < -0.3 is 20.1 Å². The van der Waals surface area contributed by atoms with Crippen LogP contribution >= 0.6 is 0 Å². The molecule has 0 aliphatic carbocycles. The quantitative estimate of drug-likeness (QED) is 0.541. The predicted octanol–water partition coefficient (Wildman–Crippen LogP) is 3.94. The smallest absolute Gasteiger partial charge is 0.160 e. The predicted molar refractivity (Wildman–Crippen MR) is 112 cm³/mol. The van der Waals surface area contributed by atoms with Crippen LogP contribution in [0.4, 0.5) is 16.0 Å². The van der Waals surface area contributed by atoms with Crippen molar-refractivity contribution in [1.82, 2.24) is 9.97 Å². The Balaban J connectivity index is 1.49. The number of nitrogens with one attached hydrogen (secondary N) is 2. The van der Waals surface area contributed by atoms with Gasteiger partial charge in [0.2, 0.25) is 0 Å². The van der Waals surface area contributed by atoms with Crippen LogP contribution in [0.1, 0.15) is 11.1 Å². The Morgan fingerprint density at radius 2 is 1.52 bits per heavy atom. The van der Waals surface area contributed by atoms with E-state index in [9.17, 15) is 4.39 Å². The average molecular weight is 396 g/mol. The van der Waals surface area contributed by atoms with Crippen molar-refractivity contribution in [2.24, 2.45) is 0 Å². The molecule has 6 nitrogen and oxygen atoms in total. The van der Waals surface area contributed by atoms with Gasteiger partial charge in [-0.15, -0.1) is 0 Å². The molecule has 0 saturated heterocycles. The van der Waals surface area contributed by atoms with Crippen molar-refractivity contribution in [1.29, 1.82) is 0 Å². The van der Waals surface area contributed by atoms with Crippen LogP contribution in [-0.2, 0) is 12.8 Å². The van der Waals surface area contributed by atoms with E-state index in [-0.39, 0.29) is 5.82 Å². The molecule has 3 rings (SSSR count). The summed E-state index contributed by atoms with van der Waals surface area (Å²) >= 11 is 0. The molecule has 29 heavy (non-hydrogen) atoms. The van der Waals surface area contributed by atoms with E-state index in [0.29, 0.717) is 42.4 Å². The summed E-state index contributed by atoms with van der Waals surface area (Å²) in [5.74, 6) is 2.67. The first-order chi connectivity index (χ1) is 14.2. The number of methoxy groups -OCH3 is 2. The fraction of sp³-hybridized carbons (Fsp3) is 0.273. The Hall–Kier alpha value is -3.35. The van der Waals surface area contributed by atoms with Gasteiger partial charge in [0, 0.05) is 19.2 Å². The van der Waals surface area contributed by atoms with Crippen molar-refractivity contribution >= 4 is 11.6 Å². The van der Waals surface area contributed by atoms with E-state index in [2.05, 4.69) is 20.6 Å². The van der Waals surface area contributed by atoms with Gasteiger partial charge in [-0.2, -0.15) is 0 Å². The zero-order valence-electron chi connectivity index (χ0n) is 16.6. The van der Waals surface area contributed by atoms with E-state index < -0.39 is 0 Å². The van der Waals surface area contributed by atoms with E-state index >= 15 is 0 Å². The molecule has 7 heteroatoms. The first-order valence-electron chi connectivity index (χ1n) is 9.43. The standard InChI is InChI=1S/C22H25FN4O2/c1-28-19-8-7-16(13-20(19)29-2)9-11-24-21-14-22(27-15-26-21)25-12-10-17-5-3-4-6-18(17)23/h3-8,13-15H,9-12H2,1-2H3,(H2,24,25,26,27). The molecule has 0 radical (unpaired) electrons. The van der Waals surface area contributed by atoms with Crippen molar-refractivity contribution in [3.05, 3.63) is 71.8 Å². The maximum Gasteiger partial charge on any atom is 0.160 e. The number of benzene rings is 2. The Morgan fingerprint density at radius 3 is 2.21 bits per heavy atom. The van der Waals surface area contributed by atoms with Gasteiger partial charge in [0.25, 0.3) is 0 Å². The lowest BCUT2D eigenvalue weighted by atomic mass is 10.1. The molecule has 2 aromatic carbocycles. The number of rotatable bonds is 10. The summed E-state index contributed by atoms with van der Waals surface area (Å²) in [5, 5.41) is 6.50. The number of aromatic nitrogens is 2. The van der Waals surface area contributed by atoms with Gasteiger partial charge in [-0.1, -0.05) is 24.3 Å². The zero-order chi connectivity index (χ0) is 20.5. The number of ether oxygens (including phenoxy) is 2. The normalized spacial score (nSPS) is 10.4. The maximum atomic E-state index is 13.7. The Labute approximate surface area is 170 Å². The third-order valence-corrected chi connectivity index (χ3v) is 4.49. The number of hydrogen-bond acceptors (Lipinski definition) is 6. The van der Waals surface area contributed by atoms with Crippen molar-refractivity contribution in [3.63, 3.8) is 0 Å². The van der Waals surface area contributed by atoms with Crippen LogP contribution in [-0.4, -0.2) is 37.3 Å². The fourth-order valence-electron chi connectivity index (χ4n) is 2.95. The molecule has 1 heterocycles. The van der Waals surface area contributed by atoms with E-state index in [1.54, 1.807) is 26.4 Å². The van der Waals surface area contributed by atoms with E-state index in [0.717, 1.165) is 17.8 Å². The van der Waals surface area contributed by atoms with E-state index in [4.69, 9.17) is 9.47 Å². The van der Waals surface area contributed by atoms with Gasteiger partial charge in [0.15, 0.2) is 11.5 Å². The average Bonchev–Trinajstić information content (AvgIpc) is 2.75. The molecule has 0 amide bonds. The van der Waals surface area contributed by atoms with Crippen LogP contribution in [0.5, 0.6) is 11.5 Å². The van der Waals surface area contributed by atoms with Crippen LogP contribution in [0.15, 0.2) is 54.9 Å². The Morgan fingerprint density at radius 1 is 0.828 bits per heavy atom. The molecule has 0 atom stereocenters. The van der Waals surface area contributed by atoms with Crippen molar-refractivity contribution in [2.45, 2.75) is 12.8 Å². The third-order valence-electron chi connectivity index (χ3n) is 4.49. The molecule has 152 valence electrons. The zero-order valence-corrected chi connectivity index (χ0v) is 16.6. The monoisotopic (exact) mass is 396 g/mol. The lowest BCUT2D eigenvalue weighted by molar-refractivity contribution is 0.354. The van der Waals surface area contributed by atoms with E-state index in [1.165, 1.54) is 12.4 Å². The number of nitrogens with zero attached hydrogens (tertiary/aromatic N) is 2. The van der Waals surface area contributed by atoms with Gasteiger partial charge >= 0.3 is 0 Å². The summed E-state index contributed by atoms with van der Waals surface area (Å²) in [7, 11) is 3.25. The van der Waals surface area contributed by atoms with Gasteiger partial charge in [0.05, 0.1) is 14.2 Å². The summed E-state index contributed by atoms with van der Waals surface area (Å²) in [6.45, 7) is 1.30. The highest BCUT2D eigenvalue weighted by atomic mass is 19.1. The molecular formula is C22H25FN4O2. The van der Waals surface area contributed by atoms with Crippen LogP contribution in [0.2, 0.25) is 0 Å². The van der Waals surface area contributed by atoms with Crippen LogP contribution in [0.3, 0.4) is 0 Å². The molecule has 0 unspecified atom stereocenters. The molecule has 0 saturated carbocycles. The molecule has 3 aromatic rings. The number of hydrogen-bond donors (Lipinski definition) is 2. The Bertz CT molecular complexity index is 936. The molecule has 2 N–H and O–H groups in total. The lowest BCUT2D eigenvalue weighted by Crippen LogP contribution is -2.10. The second-order valence-corrected chi connectivity index (χ2v) is 6.42. The van der Waals surface area contributed by atoms with E-state index in [1.807, 2.05) is 30.3 Å². The van der Waals surface area contributed by atoms with Crippen LogP contribution in [0, 0.1) is 5.82 Å². The molecular weight excluding hydrogens is 371 g/mol. The highest BCUT2D eigenvalue weighted by Crippen LogP contribution is 2.27. The number of halogens is 1. The van der Waals surface area contributed by atoms with Crippen molar-refractivity contribution in [3.8, 4) is 11.5 Å². The van der Waals surface area contributed by atoms with Crippen LogP contribution in [0.25, 0.3) is 0 Å². The maximum absolute atomic E-state index is 13.7. The second kappa shape index (κ2) is 10.3. The Kier molecular flexibility index (Phi) is 7.22. The van der Waals surface area contributed by atoms with Gasteiger partial charge in [0.1, 0.15) is 23.8 Å².